The van der Waals surface area contributed by atoms with Crippen LogP contribution in [0.25, 0.3) is 0 Å². The summed E-state index contributed by atoms with van der Waals surface area (Å²) in [5.74, 6) is 0. The van der Waals surface area contributed by atoms with Gasteiger partial charge in [0.15, 0.2) is 0 Å². The zero-order valence-electron chi connectivity index (χ0n) is 7.19. The normalized spacial score (nSPS) is 29.3. The summed E-state index contributed by atoms with van der Waals surface area (Å²) in [5, 5.41) is 8.33. The highest BCUT2D eigenvalue weighted by Crippen LogP contribution is 2.57. The molecule has 4 nitrogen and oxygen atoms in total. The highest BCUT2D eigenvalue weighted by Gasteiger charge is 2.40. The van der Waals surface area contributed by atoms with E-state index in [0.717, 1.165) is 6.54 Å². The lowest BCUT2D eigenvalue weighted by Crippen LogP contribution is -2.37. The molecular weight excluding hydrogens is 175 g/mol. The van der Waals surface area contributed by atoms with Gasteiger partial charge in [0, 0.05) is 19.5 Å². The maximum Gasteiger partial charge on any atom is 0.273 e. The van der Waals surface area contributed by atoms with Crippen LogP contribution in [-0.2, 0) is 9.09 Å². The van der Waals surface area contributed by atoms with Crippen molar-refractivity contribution in [1.29, 1.82) is 5.26 Å². The number of rotatable bonds is 4. The minimum Gasteiger partial charge on any atom is -0.318 e. The summed E-state index contributed by atoms with van der Waals surface area (Å²) in [6, 6.07) is 2.03. The SMILES string of the molecule is CCOP1(=O)CCN1CCC#N. The standard InChI is InChI=1S/C7H13N2O2P/c1-2-11-12(10)7-6-9(12)5-3-4-8/h2-3,5-7H2,1H3. The third-order valence-electron chi connectivity index (χ3n) is 1.88. The first-order valence-corrected chi connectivity index (χ1v) is 5.85. The highest BCUT2D eigenvalue weighted by molar-refractivity contribution is 7.58. The van der Waals surface area contributed by atoms with Gasteiger partial charge >= 0.3 is 0 Å². The van der Waals surface area contributed by atoms with Crippen LogP contribution in [0.3, 0.4) is 0 Å². The maximum atomic E-state index is 11.7. The molecule has 0 aromatic rings. The molecule has 12 heavy (non-hydrogen) atoms. The average Bonchev–Trinajstić information content (AvgIpc) is 2.04. The second kappa shape index (κ2) is 4.04. The molecule has 0 aromatic carbocycles. The van der Waals surface area contributed by atoms with Gasteiger partial charge in [0.2, 0.25) is 0 Å². The smallest absolute Gasteiger partial charge is 0.273 e. The molecule has 1 aliphatic heterocycles. The molecule has 0 aromatic heterocycles. The van der Waals surface area contributed by atoms with Crippen molar-refractivity contribution in [3.05, 3.63) is 0 Å². The van der Waals surface area contributed by atoms with Gasteiger partial charge in [-0.2, -0.15) is 5.26 Å². The Hall–Kier alpha value is -0.360. The summed E-state index contributed by atoms with van der Waals surface area (Å²) in [5.41, 5.74) is 0. The first kappa shape index (κ1) is 9.73. The second-order valence-corrected chi connectivity index (χ2v) is 5.19. The van der Waals surface area contributed by atoms with Crippen molar-refractivity contribution in [2.75, 3.05) is 25.9 Å². The van der Waals surface area contributed by atoms with Gasteiger partial charge < -0.3 is 4.52 Å². The quantitative estimate of drug-likeness (QED) is 0.626. The summed E-state index contributed by atoms with van der Waals surface area (Å²) < 4.78 is 18.6. The van der Waals surface area contributed by atoms with Gasteiger partial charge in [-0.1, -0.05) is 0 Å². The molecule has 0 aliphatic carbocycles. The molecule has 0 bridgehead atoms. The molecule has 5 heteroatoms. The summed E-state index contributed by atoms with van der Waals surface area (Å²) >= 11 is 0. The Bertz CT molecular complexity index is 236. The van der Waals surface area contributed by atoms with Crippen molar-refractivity contribution in [2.45, 2.75) is 13.3 Å². The topological polar surface area (TPSA) is 53.3 Å². The first-order chi connectivity index (χ1) is 5.73. The minimum absolute atomic E-state index is 0.428. The lowest BCUT2D eigenvalue weighted by atomic mass is 10.4. The molecule has 1 unspecified atom stereocenters. The van der Waals surface area contributed by atoms with Crippen LogP contribution in [0.15, 0.2) is 0 Å². The van der Waals surface area contributed by atoms with Crippen molar-refractivity contribution in [1.82, 2.24) is 4.67 Å². The predicted molar refractivity (Wildman–Crippen MR) is 45.9 cm³/mol. The minimum atomic E-state index is -2.45. The number of hydrogen-bond donors (Lipinski definition) is 0. The Balaban J connectivity index is 2.38. The van der Waals surface area contributed by atoms with E-state index in [1.807, 2.05) is 13.0 Å². The molecule has 1 heterocycles. The average molecular weight is 188 g/mol. The fourth-order valence-corrected chi connectivity index (χ4v) is 3.11. The van der Waals surface area contributed by atoms with E-state index in [9.17, 15) is 4.57 Å². The second-order valence-electron chi connectivity index (χ2n) is 2.64. The van der Waals surface area contributed by atoms with E-state index in [2.05, 4.69) is 0 Å². The van der Waals surface area contributed by atoms with Crippen LogP contribution in [0.4, 0.5) is 0 Å². The van der Waals surface area contributed by atoms with Crippen LogP contribution < -0.4 is 0 Å². The van der Waals surface area contributed by atoms with Crippen molar-refractivity contribution in [2.24, 2.45) is 0 Å². The molecule has 68 valence electrons. The molecule has 0 radical (unpaired) electrons. The third-order valence-corrected chi connectivity index (χ3v) is 4.57. The summed E-state index contributed by atoms with van der Waals surface area (Å²) in [7, 11) is -2.45. The Morgan fingerprint density at radius 2 is 2.50 bits per heavy atom. The van der Waals surface area contributed by atoms with Gasteiger partial charge in [0.1, 0.15) is 0 Å². The van der Waals surface area contributed by atoms with E-state index in [0.29, 0.717) is 25.7 Å². The van der Waals surface area contributed by atoms with Crippen LogP contribution in [-0.4, -0.2) is 30.5 Å². The van der Waals surface area contributed by atoms with Crippen LogP contribution >= 0.6 is 7.52 Å². The van der Waals surface area contributed by atoms with Gasteiger partial charge in [0.05, 0.1) is 18.8 Å². The van der Waals surface area contributed by atoms with Gasteiger partial charge in [0.25, 0.3) is 7.52 Å². The summed E-state index contributed by atoms with van der Waals surface area (Å²) in [4.78, 5) is 0. The van der Waals surface area contributed by atoms with E-state index >= 15 is 0 Å². The molecule has 0 saturated carbocycles. The maximum absolute atomic E-state index is 11.7. The van der Waals surface area contributed by atoms with Crippen LogP contribution in [0.5, 0.6) is 0 Å². The van der Waals surface area contributed by atoms with Crippen molar-refractivity contribution >= 4 is 7.52 Å². The van der Waals surface area contributed by atoms with E-state index < -0.39 is 7.52 Å². The molecule has 1 rings (SSSR count). The molecule has 0 amide bonds. The number of nitriles is 1. The van der Waals surface area contributed by atoms with Crippen LogP contribution in [0.1, 0.15) is 13.3 Å². The van der Waals surface area contributed by atoms with E-state index in [4.69, 9.17) is 9.79 Å². The molecule has 1 atom stereocenters. The highest BCUT2D eigenvalue weighted by atomic mass is 31.2. The van der Waals surface area contributed by atoms with Crippen LogP contribution in [0.2, 0.25) is 0 Å². The van der Waals surface area contributed by atoms with Crippen LogP contribution in [0, 0.1) is 11.3 Å². The molecule has 1 saturated heterocycles. The Labute approximate surface area is 72.6 Å². The Morgan fingerprint density at radius 1 is 1.75 bits per heavy atom. The Morgan fingerprint density at radius 3 is 2.92 bits per heavy atom. The fraction of sp³-hybridized carbons (Fsp3) is 0.857. The number of nitrogens with zero attached hydrogens (tertiary/aromatic N) is 2. The zero-order chi connectivity index (χ0) is 9.03. The lowest BCUT2D eigenvalue weighted by Gasteiger charge is -2.38. The predicted octanol–water partition coefficient (Wildman–Crippen LogP) is 1.45. The molecular formula is C7H13N2O2P. The number of hydrogen-bond acceptors (Lipinski definition) is 3. The largest absolute Gasteiger partial charge is 0.318 e. The van der Waals surface area contributed by atoms with Gasteiger partial charge in [-0.05, 0) is 6.92 Å². The van der Waals surface area contributed by atoms with Gasteiger partial charge in [-0.3, -0.25) is 4.57 Å². The van der Waals surface area contributed by atoms with Gasteiger partial charge in [-0.15, -0.1) is 0 Å². The van der Waals surface area contributed by atoms with E-state index in [1.165, 1.54) is 0 Å². The molecule has 0 spiro atoms. The Kier molecular flexibility index (Phi) is 3.28. The molecule has 1 aliphatic rings. The van der Waals surface area contributed by atoms with Crippen molar-refractivity contribution < 1.29 is 9.09 Å². The summed E-state index contributed by atoms with van der Waals surface area (Å²) in [6.07, 6.45) is 1.07. The lowest BCUT2D eigenvalue weighted by molar-refractivity contribution is 0.245. The zero-order valence-corrected chi connectivity index (χ0v) is 8.09. The van der Waals surface area contributed by atoms with E-state index in [-0.39, 0.29) is 0 Å². The summed E-state index contributed by atoms with van der Waals surface area (Å²) in [6.45, 7) is 3.70. The van der Waals surface area contributed by atoms with E-state index in [1.54, 1.807) is 4.67 Å². The molecule has 0 N–H and O–H groups in total. The van der Waals surface area contributed by atoms with Crippen molar-refractivity contribution in [3.63, 3.8) is 0 Å². The third kappa shape index (κ3) is 1.87. The first-order valence-electron chi connectivity index (χ1n) is 4.09. The van der Waals surface area contributed by atoms with Crippen molar-refractivity contribution in [3.8, 4) is 6.07 Å². The molecule has 1 fully saturated rings. The fourth-order valence-electron chi connectivity index (χ4n) is 1.20. The van der Waals surface area contributed by atoms with Gasteiger partial charge in [-0.25, -0.2) is 4.67 Å². The monoisotopic (exact) mass is 188 g/mol.